The molecule has 1 atom stereocenters. The summed E-state index contributed by atoms with van der Waals surface area (Å²) < 4.78 is 32.2. The third-order valence-corrected chi connectivity index (χ3v) is 10.1. The number of carbonyl (C=O) groups is 1. The molecule has 0 spiro atoms. The number of carbonyl (C=O) groups excluding carboxylic acids is 1. The molecule has 5 aromatic rings. The van der Waals surface area contributed by atoms with Gasteiger partial charge in [0.2, 0.25) is 9.84 Å². The zero-order chi connectivity index (χ0) is 33.4. The third kappa shape index (κ3) is 8.89. The Balaban J connectivity index is 1.29. The van der Waals surface area contributed by atoms with E-state index in [2.05, 4.69) is 17.0 Å². The number of hydrogen-bond donors (Lipinski definition) is 1. The Kier molecular flexibility index (Phi) is 11.5. The van der Waals surface area contributed by atoms with E-state index in [9.17, 15) is 18.3 Å². The molecule has 0 fully saturated rings. The fourth-order valence-corrected chi connectivity index (χ4v) is 7.16. The molecular formula is C38H35Cl2NO5S. The van der Waals surface area contributed by atoms with Gasteiger partial charge in [-0.05, 0) is 84.1 Å². The van der Waals surface area contributed by atoms with Gasteiger partial charge >= 0.3 is 5.97 Å². The average Bonchev–Trinajstić information content (AvgIpc) is 3.08. The number of ether oxygens (including phenoxy) is 1. The van der Waals surface area contributed by atoms with Gasteiger partial charge in [-0.15, -0.1) is 0 Å². The van der Waals surface area contributed by atoms with Gasteiger partial charge in [0, 0.05) is 35.2 Å². The summed E-state index contributed by atoms with van der Waals surface area (Å²) in [6.07, 6.45) is -0.0643. The van der Waals surface area contributed by atoms with Crippen LogP contribution in [0.2, 0.25) is 10.0 Å². The van der Waals surface area contributed by atoms with Gasteiger partial charge in [0.25, 0.3) is 0 Å². The molecule has 0 aliphatic heterocycles. The lowest BCUT2D eigenvalue weighted by molar-refractivity contribution is 0.0526. The molecule has 5 rings (SSSR count). The summed E-state index contributed by atoms with van der Waals surface area (Å²) in [5, 5.41) is 11.8. The van der Waals surface area contributed by atoms with Crippen molar-refractivity contribution < 1.29 is 23.1 Å². The summed E-state index contributed by atoms with van der Waals surface area (Å²) in [7, 11) is -3.84. The van der Waals surface area contributed by atoms with Crippen LogP contribution in [0.15, 0.2) is 131 Å². The molecule has 0 amide bonds. The Hall–Kier alpha value is -3.98. The van der Waals surface area contributed by atoms with E-state index in [4.69, 9.17) is 27.9 Å². The molecule has 0 saturated carbocycles. The highest BCUT2D eigenvalue weighted by atomic mass is 35.5. The van der Waals surface area contributed by atoms with Gasteiger partial charge in [-0.2, -0.15) is 0 Å². The maximum Gasteiger partial charge on any atom is 0.338 e. The number of hydrogen-bond acceptors (Lipinski definition) is 6. The second kappa shape index (κ2) is 15.7. The highest BCUT2D eigenvalue weighted by Crippen LogP contribution is 2.33. The Labute approximate surface area is 286 Å². The van der Waals surface area contributed by atoms with E-state index in [0.29, 0.717) is 47.8 Å². The quantitative estimate of drug-likeness (QED) is 0.125. The van der Waals surface area contributed by atoms with E-state index in [1.807, 2.05) is 42.5 Å². The second-order valence-electron chi connectivity index (χ2n) is 11.1. The highest BCUT2D eigenvalue weighted by Gasteiger charge is 2.20. The van der Waals surface area contributed by atoms with Gasteiger partial charge in [-0.3, -0.25) is 4.90 Å². The van der Waals surface area contributed by atoms with E-state index >= 15 is 0 Å². The van der Waals surface area contributed by atoms with E-state index in [1.165, 1.54) is 12.1 Å². The Morgan fingerprint density at radius 1 is 0.809 bits per heavy atom. The van der Waals surface area contributed by atoms with Gasteiger partial charge in [-0.1, -0.05) is 96.0 Å². The van der Waals surface area contributed by atoms with E-state index in [0.717, 1.165) is 16.7 Å². The number of aliphatic hydroxyl groups excluding tert-OH is 1. The molecule has 0 bridgehead atoms. The summed E-state index contributed by atoms with van der Waals surface area (Å²) in [6.45, 7) is 3.70. The van der Waals surface area contributed by atoms with Crippen molar-refractivity contribution in [1.82, 2.24) is 4.90 Å². The lowest BCUT2D eigenvalue weighted by Gasteiger charge is -2.25. The minimum atomic E-state index is -3.84. The topological polar surface area (TPSA) is 83.9 Å². The maximum absolute atomic E-state index is 13.5. The smallest absolute Gasteiger partial charge is 0.338 e. The van der Waals surface area contributed by atoms with Gasteiger partial charge in [0.15, 0.2) is 0 Å². The normalized spacial score (nSPS) is 12.2. The van der Waals surface area contributed by atoms with Crippen LogP contribution in [-0.4, -0.2) is 44.1 Å². The Bertz CT molecular complexity index is 1930. The number of esters is 1. The molecule has 0 radical (unpaired) electrons. The predicted molar refractivity (Wildman–Crippen MR) is 187 cm³/mol. The zero-order valence-electron chi connectivity index (χ0n) is 25.9. The number of halogens is 2. The van der Waals surface area contributed by atoms with Crippen molar-refractivity contribution in [2.75, 3.05) is 19.7 Å². The van der Waals surface area contributed by atoms with Crippen LogP contribution in [-0.2, 0) is 27.5 Å². The fraction of sp³-hybridized carbons (Fsp3) is 0.184. The molecule has 0 heterocycles. The first-order chi connectivity index (χ1) is 22.6. The van der Waals surface area contributed by atoms with Crippen LogP contribution in [0, 0.1) is 0 Å². The molecule has 6 nitrogen and oxygen atoms in total. The van der Waals surface area contributed by atoms with Crippen LogP contribution in [0.3, 0.4) is 0 Å². The molecule has 9 heteroatoms. The molecule has 0 unspecified atom stereocenters. The van der Waals surface area contributed by atoms with Gasteiger partial charge in [0.1, 0.15) is 0 Å². The third-order valence-electron chi connectivity index (χ3n) is 7.80. The molecule has 1 N–H and O–H groups in total. The lowest BCUT2D eigenvalue weighted by Crippen LogP contribution is -2.30. The van der Waals surface area contributed by atoms with E-state index in [-0.39, 0.29) is 21.4 Å². The van der Waals surface area contributed by atoms with Crippen molar-refractivity contribution in [2.45, 2.75) is 35.8 Å². The summed E-state index contributed by atoms with van der Waals surface area (Å²) in [4.78, 5) is 14.6. The van der Waals surface area contributed by atoms with E-state index in [1.54, 1.807) is 61.5 Å². The number of sulfone groups is 1. The van der Waals surface area contributed by atoms with Crippen LogP contribution in [0.5, 0.6) is 0 Å². The molecule has 0 aliphatic carbocycles. The maximum atomic E-state index is 13.5. The highest BCUT2D eigenvalue weighted by molar-refractivity contribution is 7.91. The Morgan fingerprint density at radius 3 is 2.23 bits per heavy atom. The molecule has 5 aromatic carbocycles. The monoisotopic (exact) mass is 687 g/mol. The van der Waals surface area contributed by atoms with Crippen molar-refractivity contribution in [1.29, 1.82) is 0 Å². The second-order valence-corrected chi connectivity index (χ2v) is 13.9. The van der Waals surface area contributed by atoms with Crippen molar-refractivity contribution in [3.05, 3.63) is 154 Å². The summed E-state index contributed by atoms with van der Waals surface area (Å²) >= 11 is 12.7. The Morgan fingerprint density at radius 2 is 1.53 bits per heavy atom. The van der Waals surface area contributed by atoms with Crippen molar-refractivity contribution in [3.63, 3.8) is 0 Å². The average molecular weight is 689 g/mol. The largest absolute Gasteiger partial charge is 0.462 e. The van der Waals surface area contributed by atoms with Gasteiger partial charge in [0.05, 0.1) is 28.1 Å². The standard InChI is InChI=1S/C38H35Cl2NO5S/c1-2-46-38(43)31-12-6-10-29(22-31)35-19-18-34(24-36(35)40)47(44,45)33-16-14-27(15-17-33)20-21-41(25-28-8-4-3-5-9-28)26-37(42)30-11-7-13-32(39)23-30/h3-19,22-24,37,42H,2,20-21,25-26H2,1H3/t37-/m0/s1. The number of rotatable bonds is 13. The number of benzene rings is 5. The first kappa shape index (κ1) is 34.4. The van der Waals surface area contributed by atoms with Crippen LogP contribution >= 0.6 is 23.2 Å². The molecular weight excluding hydrogens is 653 g/mol. The van der Waals surface area contributed by atoms with Crippen LogP contribution in [0.4, 0.5) is 0 Å². The van der Waals surface area contributed by atoms with Crippen LogP contribution in [0.1, 0.15) is 40.1 Å². The molecule has 242 valence electrons. The van der Waals surface area contributed by atoms with E-state index < -0.39 is 21.9 Å². The predicted octanol–water partition coefficient (Wildman–Crippen LogP) is 8.45. The summed E-state index contributed by atoms with van der Waals surface area (Å²) in [5.41, 5.74) is 4.52. The molecule has 0 aromatic heterocycles. The van der Waals surface area contributed by atoms with Crippen molar-refractivity contribution in [3.8, 4) is 11.1 Å². The molecule has 47 heavy (non-hydrogen) atoms. The van der Waals surface area contributed by atoms with Gasteiger partial charge in [-0.25, -0.2) is 13.2 Å². The molecule has 0 aliphatic rings. The zero-order valence-corrected chi connectivity index (χ0v) is 28.2. The number of nitrogens with zero attached hydrogens (tertiary/aromatic N) is 1. The lowest BCUT2D eigenvalue weighted by atomic mass is 10.0. The fourth-order valence-electron chi connectivity index (χ4n) is 5.32. The summed E-state index contributed by atoms with van der Waals surface area (Å²) in [5.74, 6) is -0.438. The van der Waals surface area contributed by atoms with Crippen molar-refractivity contribution >= 4 is 39.0 Å². The SMILES string of the molecule is CCOC(=O)c1cccc(-c2ccc(S(=O)(=O)c3ccc(CCN(Cc4ccccc4)C[C@H](O)c4cccc(Cl)c4)cc3)cc2Cl)c1. The summed E-state index contributed by atoms with van der Waals surface area (Å²) in [6, 6.07) is 35.6. The minimum absolute atomic E-state index is 0.0737. The van der Waals surface area contributed by atoms with Crippen LogP contribution < -0.4 is 0 Å². The minimum Gasteiger partial charge on any atom is -0.462 e. The van der Waals surface area contributed by atoms with Crippen LogP contribution in [0.25, 0.3) is 11.1 Å². The van der Waals surface area contributed by atoms with Crippen molar-refractivity contribution in [2.24, 2.45) is 0 Å². The first-order valence-electron chi connectivity index (χ1n) is 15.2. The molecule has 0 saturated heterocycles. The van der Waals surface area contributed by atoms with Gasteiger partial charge < -0.3 is 9.84 Å². The number of aliphatic hydroxyl groups is 1. The first-order valence-corrected chi connectivity index (χ1v) is 17.5.